The van der Waals surface area contributed by atoms with E-state index >= 15 is 0 Å². The van der Waals surface area contributed by atoms with Crippen molar-refractivity contribution in [3.63, 3.8) is 0 Å². The Balaban J connectivity index is 1.88. The van der Waals surface area contributed by atoms with Crippen molar-refractivity contribution in [2.24, 2.45) is 0 Å². The quantitative estimate of drug-likeness (QED) is 0.638. The minimum atomic E-state index is -4.14. The molecule has 10 heteroatoms. The molecule has 2 aromatic rings. The van der Waals surface area contributed by atoms with E-state index in [-0.39, 0.29) is 22.9 Å². The molecule has 0 saturated carbocycles. The normalized spacial score (nSPS) is 15.1. The molecular formula is C22H25N3O6S. The Bertz CT molecular complexity index is 1130. The number of carbonyl (C=O) groups is 3. The molecule has 1 atom stereocenters. The number of rotatable bonds is 8. The SMILES string of the molecule is CCNC(=O)[C@H](C)N(Cc1ccc(OC)cc1)C(=O)CN1C(=O)c2ccccc2S1(=O)=O. The molecule has 170 valence electrons. The number of fused-ring (bicyclic) bond motifs is 1. The highest BCUT2D eigenvalue weighted by molar-refractivity contribution is 7.90. The molecule has 3 amide bonds. The molecule has 0 unspecified atom stereocenters. The van der Waals surface area contributed by atoms with E-state index in [4.69, 9.17) is 4.74 Å². The highest BCUT2D eigenvalue weighted by atomic mass is 32.2. The fourth-order valence-electron chi connectivity index (χ4n) is 3.43. The molecule has 1 N–H and O–H groups in total. The molecule has 0 aromatic heterocycles. The van der Waals surface area contributed by atoms with Crippen LogP contribution in [0.1, 0.15) is 29.8 Å². The number of amides is 3. The van der Waals surface area contributed by atoms with E-state index in [1.807, 2.05) is 0 Å². The molecule has 0 fully saturated rings. The van der Waals surface area contributed by atoms with Crippen LogP contribution < -0.4 is 10.1 Å². The topological polar surface area (TPSA) is 113 Å². The molecule has 0 bridgehead atoms. The molecule has 1 aliphatic heterocycles. The second-order valence-electron chi connectivity index (χ2n) is 7.25. The number of benzene rings is 2. The van der Waals surface area contributed by atoms with Crippen molar-refractivity contribution in [1.82, 2.24) is 14.5 Å². The summed E-state index contributed by atoms with van der Waals surface area (Å²) in [6.07, 6.45) is 0. The summed E-state index contributed by atoms with van der Waals surface area (Å²) in [5, 5.41) is 2.67. The van der Waals surface area contributed by atoms with Gasteiger partial charge in [0.05, 0.1) is 12.7 Å². The summed E-state index contributed by atoms with van der Waals surface area (Å²) in [5.74, 6) is -1.17. The van der Waals surface area contributed by atoms with Crippen LogP contribution in [0.2, 0.25) is 0 Å². The molecule has 9 nitrogen and oxygen atoms in total. The second-order valence-corrected chi connectivity index (χ2v) is 9.08. The lowest BCUT2D eigenvalue weighted by atomic mass is 10.1. The molecule has 0 spiro atoms. The third-order valence-corrected chi connectivity index (χ3v) is 7.01. The minimum Gasteiger partial charge on any atom is -0.497 e. The average molecular weight is 460 g/mol. The number of hydrogen-bond donors (Lipinski definition) is 1. The Hall–Kier alpha value is -3.40. The van der Waals surface area contributed by atoms with Gasteiger partial charge in [-0.25, -0.2) is 12.7 Å². The zero-order chi connectivity index (χ0) is 23.5. The molecule has 0 aliphatic carbocycles. The Morgan fingerprint density at radius 2 is 1.78 bits per heavy atom. The van der Waals surface area contributed by atoms with Gasteiger partial charge in [-0.05, 0) is 43.7 Å². The van der Waals surface area contributed by atoms with E-state index in [1.54, 1.807) is 44.2 Å². The summed E-state index contributed by atoms with van der Waals surface area (Å²) < 4.78 is 31.4. The molecule has 0 saturated heterocycles. The van der Waals surface area contributed by atoms with Gasteiger partial charge in [0, 0.05) is 13.1 Å². The summed E-state index contributed by atoms with van der Waals surface area (Å²) in [5.41, 5.74) is 0.743. The van der Waals surface area contributed by atoms with Gasteiger partial charge in [-0.1, -0.05) is 24.3 Å². The van der Waals surface area contributed by atoms with Gasteiger partial charge in [-0.2, -0.15) is 0 Å². The van der Waals surface area contributed by atoms with Gasteiger partial charge in [0.2, 0.25) is 11.8 Å². The lowest BCUT2D eigenvalue weighted by molar-refractivity contribution is -0.140. The van der Waals surface area contributed by atoms with E-state index in [9.17, 15) is 22.8 Å². The number of ether oxygens (including phenoxy) is 1. The monoisotopic (exact) mass is 459 g/mol. The van der Waals surface area contributed by atoms with Gasteiger partial charge in [-0.15, -0.1) is 0 Å². The Kier molecular flexibility index (Phi) is 6.83. The predicted molar refractivity (Wildman–Crippen MR) is 116 cm³/mol. The third-order valence-electron chi connectivity index (χ3n) is 5.22. The van der Waals surface area contributed by atoms with Gasteiger partial charge in [-0.3, -0.25) is 14.4 Å². The Morgan fingerprint density at radius 3 is 2.38 bits per heavy atom. The van der Waals surface area contributed by atoms with Crippen molar-refractivity contribution >= 4 is 27.7 Å². The first-order chi connectivity index (χ1) is 15.2. The zero-order valence-corrected chi connectivity index (χ0v) is 18.9. The van der Waals surface area contributed by atoms with Crippen LogP contribution in [-0.2, 0) is 26.2 Å². The van der Waals surface area contributed by atoms with Crippen LogP contribution in [0.15, 0.2) is 53.4 Å². The number of nitrogens with zero attached hydrogens (tertiary/aromatic N) is 2. The summed E-state index contributed by atoms with van der Waals surface area (Å²) in [6, 6.07) is 11.9. The average Bonchev–Trinajstić information content (AvgIpc) is 2.98. The minimum absolute atomic E-state index is 0.0266. The first-order valence-electron chi connectivity index (χ1n) is 10.1. The number of methoxy groups -OCH3 is 1. The van der Waals surface area contributed by atoms with Crippen LogP contribution >= 0.6 is 0 Å². The van der Waals surface area contributed by atoms with Crippen molar-refractivity contribution in [2.45, 2.75) is 31.3 Å². The number of nitrogens with one attached hydrogen (secondary N) is 1. The maximum Gasteiger partial charge on any atom is 0.269 e. The first kappa shape index (κ1) is 23.3. The number of likely N-dealkylation sites (N-methyl/N-ethyl adjacent to an activating group) is 1. The maximum atomic E-state index is 13.2. The van der Waals surface area contributed by atoms with E-state index in [2.05, 4.69) is 5.32 Å². The second kappa shape index (κ2) is 9.39. The molecule has 0 radical (unpaired) electrons. The number of sulfonamides is 1. The highest BCUT2D eigenvalue weighted by Gasteiger charge is 2.43. The number of hydrogen-bond acceptors (Lipinski definition) is 6. The summed E-state index contributed by atoms with van der Waals surface area (Å²) >= 11 is 0. The molecule has 2 aromatic carbocycles. The standard InChI is InChI=1S/C22H25N3O6S/c1-4-23-21(27)15(2)24(13-16-9-11-17(31-3)12-10-16)20(26)14-25-22(28)18-7-5-6-8-19(18)32(25,29)30/h5-12,15H,4,13-14H2,1-3H3,(H,23,27)/t15-/m0/s1. The van der Waals surface area contributed by atoms with Gasteiger partial charge in [0.15, 0.2) is 0 Å². The summed E-state index contributed by atoms with van der Waals surface area (Å²) in [6.45, 7) is 3.04. The van der Waals surface area contributed by atoms with Crippen molar-refractivity contribution in [2.75, 3.05) is 20.2 Å². The van der Waals surface area contributed by atoms with E-state index in [0.29, 0.717) is 22.2 Å². The van der Waals surface area contributed by atoms with Crippen LogP contribution in [0.5, 0.6) is 5.75 Å². The van der Waals surface area contributed by atoms with Crippen molar-refractivity contribution < 1.29 is 27.5 Å². The number of carbonyl (C=O) groups excluding carboxylic acids is 3. The van der Waals surface area contributed by atoms with E-state index in [0.717, 1.165) is 0 Å². The van der Waals surface area contributed by atoms with Crippen molar-refractivity contribution in [3.05, 3.63) is 59.7 Å². The largest absolute Gasteiger partial charge is 0.497 e. The highest BCUT2D eigenvalue weighted by Crippen LogP contribution is 2.30. The van der Waals surface area contributed by atoms with E-state index in [1.165, 1.54) is 30.2 Å². The van der Waals surface area contributed by atoms with Gasteiger partial charge < -0.3 is 15.0 Å². The Labute approximate surface area is 187 Å². The van der Waals surface area contributed by atoms with Crippen LogP contribution in [0.3, 0.4) is 0 Å². The van der Waals surface area contributed by atoms with Crippen LogP contribution in [0, 0.1) is 0 Å². The zero-order valence-electron chi connectivity index (χ0n) is 18.1. The first-order valence-corrected chi connectivity index (χ1v) is 11.5. The van der Waals surface area contributed by atoms with Crippen molar-refractivity contribution in [3.8, 4) is 5.75 Å². The molecule has 1 aliphatic rings. The summed E-state index contributed by atoms with van der Waals surface area (Å²) in [4.78, 5) is 39.5. The fourth-order valence-corrected chi connectivity index (χ4v) is 4.95. The van der Waals surface area contributed by atoms with Crippen LogP contribution in [-0.4, -0.2) is 61.6 Å². The third kappa shape index (κ3) is 4.45. The fraction of sp³-hybridized carbons (Fsp3) is 0.318. The molecule has 32 heavy (non-hydrogen) atoms. The van der Waals surface area contributed by atoms with E-state index < -0.39 is 34.4 Å². The molecule has 3 rings (SSSR count). The van der Waals surface area contributed by atoms with Gasteiger partial charge >= 0.3 is 0 Å². The smallest absolute Gasteiger partial charge is 0.269 e. The van der Waals surface area contributed by atoms with Gasteiger partial charge in [0.25, 0.3) is 15.9 Å². The Morgan fingerprint density at radius 1 is 1.12 bits per heavy atom. The molecular weight excluding hydrogens is 434 g/mol. The van der Waals surface area contributed by atoms with Gasteiger partial charge in [0.1, 0.15) is 23.2 Å². The van der Waals surface area contributed by atoms with Crippen LogP contribution in [0.25, 0.3) is 0 Å². The van der Waals surface area contributed by atoms with Crippen LogP contribution in [0.4, 0.5) is 0 Å². The summed E-state index contributed by atoms with van der Waals surface area (Å²) in [7, 11) is -2.61. The lowest BCUT2D eigenvalue weighted by Gasteiger charge is -2.30. The maximum absolute atomic E-state index is 13.2. The van der Waals surface area contributed by atoms with Crippen molar-refractivity contribution in [1.29, 1.82) is 0 Å². The lowest BCUT2D eigenvalue weighted by Crippen LogP contribution is -2.51. The molecule has 1 heterocycles. The predicted octanol–water partition coefficient (Wildman–Crippen LogP) is 1.39.